The first kappa shape index (κ1) is 19.0. The van der Waals surface area contributed by atoms with Crippen molar-refractivity contribution in [3.8, 4) is 5.75 Å². The molecule has 2 atom stereocenters. The van der Waals surface area contributed by atoms with Gasteiger partial charge < -0.3 is 14.8 Å². The number of esters is 1. The van der Waals surface area contributed by atoms with Gasteiger partial charge in [0.25, 0.3) is 0 Å². The molecule has 0 bridgehead atoms. The van der Waals surface area contributed by atoms with Crippen LogP contribution in [0, 0.1) is 0 Å². The molecular formula is C17H21Cl2NO4. The highest BCUT2D eigenvalue weighted by molar-refractivity contribution is 6.42. The summed E-state index contributed by atoms with van der Waals surface area (Å²) in [6, 6.07) is 3.49. The van der Waals surface area contributed by atoms with Gasteiger partial charge in [-0.25, -0.2) is 0 Å². The van der Waals surface area contributed by atoms with Gasteiger partial charge >= 0.3 is 5.97 Å². The molecule has 0 unspecified atom stereocenters. The number of methoxy groups -OCH3 is 1. The van der Waals surface area contributed by atoms with E-state index in [0.717, 1.165) is 12.0 Å². The van der Waals surface area contributed by atoms with E-state index in [-0.39, 0.29) is 37.2 Å². The van der Waals surface area contributed by atoms with Gasteiger partial charge in [0, 0.05) is 30.5 Å². The molecule has 2 rings (SSSR count). The summed E-state index contributed by atoms with van der Waals surface area (Å²) in [6.07, 6.45) is 0.832. The van der Waals surface area contributed by atoms with Crippen LogP contribution in [0.15, 0.2) is 12.1 Å². The summed E-state index contributed by atoms with van der Waals surface area (Å²) in [4.78, 5) is 23.3. The molecule has 0 amide bonds. The summed E-state index contributed by atoms with van der Waals surface area (Å²) >= 11 is 12.5. The monoisotopic (exact) mass is 373 g/mol. The van der Waals surface area contributed by atoms with Crippen molar-refractivity contribution in [3.63, 3.8) is 0 Å². The summed E-state index contributed by atoms with van der Waals surface area (Å²) in [5, 5.41) is 4.28. The fourth-order valence-electron chi connectivity index (χ4n) is 3.02. The van der Waals surface area contributed by atoms with Crippen LogP contribution in [0.2, 0.25) is 10.0 Å². The lowest BCUT2D eigenvalue weighted by molar-refractivity contribution is -0.145. The minimum atomic E-state index is -0.475. The Balaban J connectivity index is 2.00. The molecule has 1 aliphatic heterocycles. The standard InChI is InChI=1S/C17H21Cl2NO4/c1-3-24-15(22)8-12(21)7-11-6-10(9-20-11)16-14(23-2)5-4-13(18)17(16)19/h4-5,10-11,20H,3,6-9H2,1-2H3/t10-,11-/m0/s1. The van der Waals surface area contributed by atoms with Crippen molar-refractivity contribution in [1.29, 1.82) is 0 Å². The van der Waals surface area contributed by atoms with Crippen molar-refractivity contribution in [2.45, 2.75) is 38.1 Å². The molecule has 0 saturated carbocycles. The third kappa shape index (κ3) is 4.62. The SMILES string of the molecule is CCOC(=O)CC(=O)C[C@@H]1C[C@H](c2c(OC)ccc(Cl)c2Cl)CN1. The van der Waals surface area contributed by atoms with Gasteiger partial charge in [0.05, 0.1) is 23.8 Å². The van der Waals surface area contributed by atoms with E-state index in [1.54, 1.807) is 26.2 Å². The topological polar surface area (TPSA) is 64.6 Å². The lowest BCUT2D eigenvalue weighted by Crippen LogP contribution is -2.25. The number of ether oxygens (including phenoxy) is 2. The summed E-state index contributed by atoms with van der Waals surface area (Å²) in [5.41, 5.74) is 0.861. The summed E-state index contributed by atoms with van der Waals surface area (Å²) in [5.74, 6) is 0.189. The molecule has 1 heterocycles. The maximum absolute atomic E-state index is 12.0. The Hall–Kier alpha value is -1.30. The van der Waals surface area contributed by atoms with Crippen molar-refractivity contribution < 1.29 is 19.1 Å². The van der Waals surface area contributed by atoms with Crippen LogP contribution in [0.4, 0.5) is 0 Å². The zero-order valence-corrected chi connectivity index (χ0v) is 15.2. The van der Waals surface area contributed by atoms with Crippen LogP contribution >= 0.6 is 23.2 Å². The maximum atomic E-state index is 12.0. The van der Waals surface area contributed by atoms with Gasteiger partial charge in [-0.3, -0.25) is 9.59 Å². The fourth-order valence-corrected chi connectivity index (χ4v) is 3.50. The molecule has 1 saturated heterocycles. The molecule has 1 fully saturated rings. The number of hydrogen-bond donors (Lipinski definition) is 1. The number of rotatable bonds is 7. The second-order valence-electron chi connectivity index (χ2n) is 5.74. The average Bonchev–Trinajstić information content (AvgIpc) is 2.97. The van der Waals surface area contributed by atoms with Crippen LogP contribution in [-0.4, -0.2) is 38.1 Å². The van der Waals surface area contributed by atoms with E-state index in [4.69, 9.17) is 32.7 Å². The first-order valence-electron chi connectivity index (χ1n) is 7.88. The number of nitrogens with one attached hydrogen (secondary N) is 1. The molecule has 0 aliphatic carbocycles. The molecule has 0 radical (unpaired) electrons. The molecule has 5 nitrogen and oxygen atoms in total. The van der Waals surface area contributed by atoms with Crippen LogP contribution in [0.25, 0.3) is 0 Å². The number of benzene rings is 1. The van der Waals surface area contributed by atoms with E-state index < -0.39 is 5.97 Å². The van der Waals surface area contributed by atoms with E-state index in [9.17, 15) is 9.59 Å². The third-order valence-electron chi connectivity index (χ3n) is 4.06. The Morgan fingerprint density at radius 3 is 2.75 bits per heavy atom. The van der Waals surface area contributed by atoms with Gasteiger partial charge in [-0.2, -0.15) is 0 Å². The number of carbonyl (C=O) groups is 2. The summed E-state index contributed by atoms with van der Waals surface area (Å²) in [7, 11) is 1.59. The predicted octanol–water partition coefficient (Wildman–Crippen LogP) is 3.36. The maximum Gasteiger partial charge on any atom is 0.313 e. The number of Topliss-reactive ketones (excluding diaryl/α,β-unsaturated/α-hetero) is 1. The number of carbonyl (C=O) groups excluding carboxylic acids is 2. The van der Waals surface area contributed by atoms with E-state index in [1.165, 1.54) is 0 Å². The Bertz CT molecular complexity index is 621. The van der Waals surface area contributed by atoms with Gasteiger partial charge in [0.15, 0.2) is 0 Å². The number of ketones is 1. The van der Waals surface area contributed by atoms with E-state index in [2.05, 4.69) is 5.32 Å². The Kier molecular flexibility index (Phi) is 6.90. The first-order chi connectivity index (χ1) is 11.5. The predicted molar refractivity (Wildman–Crippen MR) is 93.0 cm³/mol. The van der Waals surface area contributed by atoms with E-state index in [0.29, 0.717) is 22.3 Å². The molecule has 1 aliphatic rings. The van der Waals surface area contributed by atoms with Crippen LogP contribution < -0.4 is 10.1 Å². The molecule has 0 aromatic heterocycles. The van der Waals surface area contributed by atoms with Crippen LogP contribution in [-0.2, 0) is 14.3 Å². The Morgan fingerprint density at radius 1 is 1.33 bits per heavy atom. The van der Waals surface area contributed by atoms with Crippen molar-refractivity contribution in [3.05, 3.63) is 27.7 Å². The number of hydrogen-bond acceptors (Lipinski definition) is 5. The molecule has 132 valence electrons. The molecule has 1 aromatic rings. The van der Waals surface area contributed by atoms with Gasteiger partial charge in [-0.1, -0.05) is 23.2 Å². The lowest BCUT2D eigenvalue weighted by atomic mass is 9.93. The molecule has 7 heteroatoms. The smallest absolute Gasteiger partial charge is 0.313 e. The highest BCUT2D eigenvalue weighted by Crippen LogP contribution is 2.41. The van der Waals surface area contributed by atoms with Crippen LogP contribution in [0.3, 0.4) is 0 Å². The van der Waals surface area contributed by atoms with Crippen molar-refractivity contribution in [2.75, 3.05) is 20.3 Å². The summed E-state index contributed by atoms with van der Waals surface area (Å²) < 4.78 is 10.2. The lowest BCUT2D eigenvalue weighted by Gasteiger charge is -2.17. The molecule has 1 N–H and O–H groups in total. The van der Waals surface area contributed by atoms with Crippen LogP contribution in [0.5, 0.6) is 5.75 Å². The molecular weight excluding hydrogens is 353 g/mol. The zero-order valence-electron chi connectivity index (χ0n) is 13.7. The normalized spacial score (nSPS) is 20.0. The van der Waals surface area contributed by atoms with Crippen molar-refractivity contribution in [1.82, 2.24) is 5.32 Å². The first-order valence-corrected chi connectivity index (χ1v) is 8.64. The largest absolute Gasteiger partial charge is 0.496 e. The number of halogens is 2. The summed E-state index contributed by atoms with van der Waals surface area (Å²) in [6.45, 7) is 2.67. The molecule has 24 heavy (non-hydrogen) atoms. The Morgan fingerprint density at radius 2 is 2.08 bits per heavy atom. The minimum absolute atomic E-state index is 0.00307. The van der Waals surface area contributed by atoms with Crippen LogP contribution in [0.1, 0.15) is 37.7 Å². The fraction of sp³-hybridized carbons (Fsp3) is 0.529. The molecule has 1 aromatic carbocycles. The quantitative estimate of drug-likeness (QED) is 0.586. The zero-order chi connectivity index (χ0) is 17.7. The van der Waals surface area contributed by atoms with E-state index in [1.807, 2.05) is 0 Å². The average molecular weight is 374 g/mol. The minimum Gasteiger partial charge on any atom is -0.496 e. The van der Waals surface area contributed by atoms with Gasteiger partial charge in [-0.15, -0.1) is 0 Å². The second kappa shape index (κ2) is 8.70. The highest BCUT2D eigenvalue weighted by Gasteiger charge is 2.31. The van der Waals surface area contributed by atoms with Gasteiger partial charge in [0.1, 0.15) is 18.0 Å². The van der Waals surface area contributed by atoms with Gasteiger partial charge in [-0.05, 0) is 25.5 Å². The van der Waals surface area contributed by atoms with Crippen molar-refractivity contribution >= 4 is 35.0 Å². The van der Waals surface area contributed by atoms with E-state index >= 15 is 0 Å². The second-order valence-corrected chi connectivity index (χ2v) is 6.52. The third-order valence-corrected chi connectivity index (χ3v) is 4.88. The van der Waals surface area contributed by atoms with Crippen molar-refractivity contribution in [2.24, 2.45) is 0 Å². The highest BCUT2D eigenvalue weighted by atomic mass is 35.5. The Labute approximate surface area is 151 Å². The van der Waals surface area contributed by atoms with Gasteiger partial charge in [0.2, 0.25) is 0 Å². The molecule has 0 spiro atoms.